The Labute approximate surface area is 125 Å². The molecular weight excluding hydrogens is 286 g/mol. The Hall–Kier alpha value is -2.95. The average molecular weight is 298 g/mol. The lowest BCUT2D eigenvalue weighted by molar-refractivity contribution is 0.102. The Morgan fingerprint density at radius 2 is 1.73 bits per heavy atom. The molecule has 3 rings (SSSR count). The van der Waals surface area contributed by atoms with Crippen LogP contribution in [0.15, 0.2) is 67.0 Å². The smallest absolute Gasteiger partial charge is 0.255 e. The maximum Gasteiger partial charge on any atom is 0.255 e. The first-order chi connectivity index (χ1) is 10.6. The largest absolute Gasteiger partial charge is 0.324 e. The van der Waals surface area contributed by atoms with Gasteiger partial charge in [-0.3, -0.25) is 4.79 Å². The second-order valence-corrected chi connectivity index (χ2v) is 4.72. The molecule has 0 fully saturated rings. The molecule has 0 bridgehead atoms. The molecule has 1 aromatic heterocycles. The van der Waals surface area contributed by atoms with Crippen molar-refractivity contribution in [2.24, 2.45) is 0 Å². The van der Waals surface area contributed by atoms with Crippen molar-refractivity contribution < 1.29 is 13.6 Å². The number of aromatic nitrogens is 1. The summed E-state index contributed by atoms with van der Waals surface area (Å²) in [6, 6.07) is 13.7. The van der Waals surface area contributed by atoms with Gasteiger partial charge in [0.25, 0.3) is 5.91 Å². The molecule has 1 amide bonds. The maximum atomic E-state index is 13.6. The zero-order valence-electron chi connectivity index (χ0n) is 11.5. The zero-order valence-corrected chi connectivity index (χ0v) is 11.5. The zero-order chi connectivity index (χ0) is 15.5. The molecule has 2 aromatic carbocycles. The van der Waals surface area contributed by atoms with Gasteiger partial charge < -0.3 is 9.88 Å². The quantitative estimate of drug-likeness (QED) is 0.779. The van der Waals surface area contributed by atoms with Gasteiger partial charge in [-0.2, -0.15) is 0 Å². The molecule has 0 aliphatic rings. The molecule has 0 spiro atoms. The summed E-state index contributed by atoms with van der Waals surface area (Å²) in [5.41, 5.74) is 1.14. The highest BCUT2D eigenvalue weighted by atomic mass is 19.1. The standard InChI is InChI=1S/C17H12F2N2O/c18-13-6-7-16(15(19)11-13)20-17(22)12-4-3-5-14(10-12)21-8-1-2-9-21/h1-11H,(H,20,22). The van der Waals surface area contributed by atoms with Crippen LogP contribution in [0.3, 0.4) is 0 Å². The van der Waals surface area contributed by atoms with Crippen LogP contribution in [0.5, 0.6) is 0 Å². The van der Waals surface area contributed by atoms with Crippen molar-refractivity contribution in [1.29, 1.82) is 0 Å². The molecule has 0 atom stereocenters. The molecule has 0 saturated heterocycles. The van der Waals surface area contributed by atoms with E-state index >= 15 is 0 Å². The molecule has 1 heterocycles. The second kappa shape index (κ2) is 5.81. The van der Waals surface area contributed by atoms with Crippen LogP contribution in [0.1, 0.15) is 10.4 Å². The van der Waals surface area contributed by atoms with Crippen LogP contribution in [0.2, 0.25) is 0 Å². The molecule has 3 aromatic rings. The first kappa shape index (κ1) is 14.0. The number of nitrogens with one attached hydrogen (secondary N) is 1. The molecule has 3 nitrogen and oxygen atoms in total. The third kappa shape index (κ3) is 2.88. The summed E-state index contributed by atoms with van der Waals surface area (Å²) >= 11 is 0. The number of carbonyl (C=O) groups excluding carboxylic acids is 1. The van der Waals surface area contributed by atoms with E-state index in [4.69, 9.17) is 0 Å². The molecule has 0 radical (unpaired) electrons. The van der Waals surface area contributed by atoms with E-state index in [1.165, 1.54) is 6.07 Å². The number of carbonyl (C=O) groups is 1. The van der Waals surface area contributed by atoms with Crippen molar-refractivity contribution in [3.8, 4) is 5.69 Å². The second-order valence-electron chi connectivity index (χ2n) is 4.72. The lowest BCUT2D eigenvalue weighted by Crippen LogP contribution is -2.13. The molecule has 0 saturated carbocycles. The highest BCUT2D eigenvalue weighted by Gasteiger charge is 2.10. The topological polar surface area (TPSA) is 34.0 Å². The minimum absolute atomic E-state index is 0.0576. The highest BCUT2D eigenvalue weighted by Crippen LogP contribution is 2.17. The van der Waals surface area contributed by atoms with Crippen LogP contribution in [-0.4, -0.2) is 10.5 Å². The summed E-state index contributed by atoms with van der Waals surface area (Å²) in [7, 11) is 0. The number of anilines is 1. The number of hydrogen-bond donors (Lipinski definition) is 1. The van der Waals surface area contributed by atoms with E-state index in [0.29, 0.717) is 5.56 Å². The summed E-state index contributed by atoms with van der Waals surface area (Å²) in [5, 5.41) is 2.44. The molecule has 22 heavy (non-hydrogen) atoms. The predicted octanol–water partition coefficient (Wildman–Crippen LogP) is 4.01. The van der Waals surface area contributed by atoms with E-state index in [-0.39, 0.29) is 5.69 Å². The maximum absolute atomic E-state index is 13.6. The van der Waals surface area contributed by atoms with E-state index in [2.05, 4.69) is 5.32 Å². The van der Waals surface area contributed by atoms with Crippen LogP contribution in [0, 0.1) is 11.6 Å². The van der Waals surface area contributed by atoms with Crippen LogP contribution < -0.4 is 5.32 Å². The summed E-state index contributed by atoms with van der Waals surface area (Å²) in [4.78, 5) is 12.2. The van der Waals surface area contributed by atoms with Gasteiger partial charge in [0.15, 0.2) is 0 Å². The third-order valence-electron chi connectivity index (χ3n) is 3.19. The van der Waals surface area contributed by atoms with Gasteiger partial charge in [0.1, 0.15) is 11.6 Å². The molecule has 110 valence electrons. The molecular formula is C17H12F2N2O. The Morgan fingerprint density at radius 1 is 0.955 bits per heavy atom. The van der Waals surface area contributed by atoms with Gasteiger partial charge >= 0.3 is 0 Å². The molecule has 0 aliphatic carbocycles. The molecule has 0 aliphatic heterocycles. The van der Waals surface area contributed by atoms with Gasteiger partial charge in [0.05, 0.1) is 5.69 Å². The number of benzene rings is 2. The van der Waals surface area contributed by atoms with Crippen LogP contribution in [0.25, 0.3) is 5.69 Å². The number of nitrogens with zero attached hydrogens (tertiary/aromatic N) is 1. The molecule has 5 heteroatoms. The predicted molar refractivity (Wildman–Crippen MR) is 80.1 cm³/mol. The van der Waals surface area contributed by atoms with Crippen molar-refractivity contribution >= 4 is 11.6 Å². The van der Waals surface area contributed by atoms with E-state index < -0.39 is 17.5 Å². The van der Waals surface area contributed by atoms with Gasteiger partial charge in [-0.05, 0) is 42.5 Å². The Morgan fingerprint density at radius 3 is 2.45 bits per heavy atom. The van der Waals surface area contributed by atoms with Crippen molar-refractivity contribution in [2.75, 3.05) is 5.32 Å². The fourth-order valence-electron chi connectivity index (χ4n) is 2.10. The molecule has 0 unspecified atom stereocenters. The summed E-state index contributed by atoms with van der Waals surface area (Å²) in [5.74, 6) is -1.96. The average Bonchev–Trinajstić information content (AvgIpc) is 3.04. The first-order valence-electron chi connectivity index (χ1n) is 6.63. The van der Waals surface area contributed by atoms with Crippen molar-refractivity contribution in [3.05, 3.63) is 84.2 Å². The Balaban J connectivity index is 1.85. The summed E-state index contributed by atoms with van der Waals surface area (Å²) in [6.45, 7) is 0. The fourth-order valence-corrected chi connectivity index (χ4v) is 2.10. The van der Waals surface area contributed by atoms with Crippen molar-refractivity contribution in [1.82, 2.24) is 4.57 Å². The fraction of sp³-hybridized carbons (Fsp3) is 0. The van der Waals surface area contributed by atoms with E-state index in [9.17, 15) is 13.6 Å². The number of rotatable bonds is 3. The van der Waals surface area contributed by atoms with E-state index in [1.807, 2.05) is 35.2 Å². The number of hydrogen-bond acceptors (Lipinski definition) is 1. The monoisotopic (exact) mass is 298 g/mol. The van der Waals surface area contributed by atoms with Crippen LogP contribution >= 0.6 is 0 Å². The van der Waals surface area contributed by atoms with E-state index in [0.717, 1.165) is 17.8 Å². The minimum Gasteiger partial charge on any atom is -0.324 e. The van der Waals surface area contributed by atoms with Gasteiger partial charge in [-0.25, -0.2) is 8.78 Å². The normalized spacial score (nSPS) is 10.5. The molecule has 1 N–H and O–H groups in total. The number of amides is 1. The van der Waals surface area contributed by atoms with Gasteiger partial charge in [0, 0.05) is 29.7 Å². The SMILES string of the molecule is O=C(Nc1ccc(F)cc1F)c1cccc(-n2cccc2)c1. The summed E-state index contributed by atoms with van der Waals surface area (Å²) in [6.07, 6.45) is 3.72. The van der Waals surface area contributed by atoms with Crippen LogP contribution in [-0.2, 0) is 0 Å². The Kier molecular flexibility index (Phi) is 3.70. The van der Waals surface area contributed by atoms with Crippen molar-refractivity contribution in [2.45, 2.75) is 0 Å². The van der Waals surface area contributed by atoms with Gasteiger partial charge in [-0.1, -0.05) is 6.07 Å². The van der Waals surface area contributed by atoms with E-state index in [1.54, 1.807) is 18.2 Å². The Bertz CT molecular complexity index is 813. The summed E-state index contributed by atoms with van der Waals surface area (Å²) < 4.78 is 28.3. The highest BCUT2D eigenvalue weighted by molar-refractivity contribution is 6.04. The lowest BCUT2D eigenvalue weighted by Gasteiger charge is -2.08. The lowest BCUT2D eigenvalue weighted by atomic mass is 10.1. The minimum atomic E-state index is -0.810. The number of halogens is 2. The third-order valence-corrected chi connectivity index (χ3v) is 3.19. The van der Waals surface area contributed by atoms with Gasteiger partial charge in [-0.15, -0.1) is 0 Å². The van der Waals surface area contributed by atoms with Gasteiger partial charge in [0.2, 0.25) is 0 Å². The van der Waals surface area contributed by atoms with Crippen LogP contribution in [0.4, 0.5) is 14.5 Å². The van der Waals surface area contributed by atoms with Crippen molar-refractivity contribution in [3.63, 3.8) is 0 Å². The first-order valence-corrected chi connectivity index (χ1v) is 6.63.